The van der Waals surface area contributed by atoms with E-state index in [0.717, 1.165) is 5.56 Å². The van der Waals surface area contributed by atoms with Crippen LogP contribution in [0.4, 0.5) is 8.78 Å². The van der Waals surface area contributed by atoms with E-state index >= 15 is 0 Å². The molecule has 0 radical (unpaired) electrons. The Bertz CT molecular complexity index is 515. The van der Waals surface area contributed by atoms with Gasteiger partial charge in [0.05, 0.1) is 12.1 Å². The van der Waals surface area contributed by atoms with Crippen LogP contribution in [0.3, 0.4) is 0 Å². The van der Waals surface area contributed by atoms with Gasteiger partial charge in [-0.3, -0.25) is 4.79 Å². The van der Waals surface area contributed by atoms with Crippen molar-refractivity contribution in [2.75, 3.05) is 13.2 Å². The highest BCUT2D eigenvalue weighted by molar-refractivity contribution is 5.75. The Balaban J connectivity index is 1.89. The second kappa shape index (κ2) is 9.08. The molecule has 24 heavy (non-hydrogen) atoms. The minimum absolute atomic E-state index is 0.149. The molecule has 0 spiro atoms. The highest BCUT2D eigenvalue weighted by atomic mass is 19.1. The number of carbonyl (C=O) groups excluding carboxylic acids is 1. The first-order chi connectivity index (χ1) is 11.6. The van der Waals surface area contributed by atoms with Gasteiger partial charge < -0.3 is 15.7 Å². The zero-order valence-electron chi connectivity index (χ0n) is 13.9. The zero-order valence-corrected chi connectivity index (χ0v) is 13.9. The maximum Gasteiger partial charge on any atom is 0.219 e. The molecule has 0 saturated carbocycles. The lowest BCUT2D eigenvalue weighted by atomic mass is 9.90. The Hall–Kier alpha value is -1.53. The highest BCUT2D eigenvalue weighted by Crippen LogP contribution is 2.31. The van der Waals surface area contributed by atoms with Crippen LogP contribution in [0.5, 0.6) is 0 Å². The van der Waals surface area contributed by atoms with Gasteiger partial charge in [-0.1, -0.05) is 37.3 Å². The molecule has 1 aliphatic rings. The zero-order chi connectivity index (χ0) is 17.5. The fourth-order valence-corrected chi connectivity index (χ4v) is 3.24. The van der Waals surface area contributed by atoms with E-state index in [0.29, 0.717) is 19.3 Å². The molecule has 1 fully saturated rings. The summed E-state index contributed by atoms with van der Waals surface area (Å²) < 4.78 is 27.9. The van der Waals surface area contributed by atoms with Gasteiger partial charge >= 0.3 is 0 Å². The molecule has 1 unspecified atom stereocenters. The van der Waals surface area contributed by atoms with Gasteiger partial charge in [-0.05, 0) is 18.4 Å². The average Bonchev–Trinajstić information content (AvgIpc) is 2.93. The van der Waals surface area contributed by atoms with Gasteiger partial charge in [-0.2, -0.15) is 0 Å². The summed E-state index contributed by atoms with van der Waals surface area (Å²) in [6.07, 6.45) is -0.829. The van der Waals surface area contributed by atoms with Gasteiger partial charge in [-0.15, -0.1) is 0 Å². The second-order valence-electron chi connectivity index (χ2n) is 6.30. The molecule has 6 heteroatoms. The van der Waals surface area contributed by atoms with Crippen molar-refractivity contribution in [2.24, 2.45) is 5.92 Å². The summed E-state index contributed by atoms with van der Waals surface area (Å²) >= 11 is 0. The minimum atomic E-state index is -1.24. The number of hydrogen-bond acceptors (Lipinski definition) is 3. The molecule has 1 aromatic rings. The van der Waals surface area contributed by atoms with Gasteiger partial charge in [0.15, 0.2) is 0 Å². The quantitative estimate of drug-likeness (QED) is 0.680. The molecular weight excluding hydrogens is 314 g/mol. The topological polar surface area (TPSA) is 61.4 Å². The first-order valence-corrected chi connectivity index (χ1v) is 8.52. The summed E-state index contributed by atoms with van der Waals surface area (Å²) in [6.45, 7) is 1.22. The first kappa shape index (κ1) is 18.8. The minimum Gasteiger partial charge on any atom is -0.388 e. The molecule has 0 aliphatic carbocycles. The van der Waals surface area contributed by atoms with E-state index in [1.165, 1.54) is 0 Å². The van der Waals surface area contributed by atoms with E-state index < -0.39 is 37.0 Å². The molecule has 0 bridgehead atoms. The molecule has 1 heterocycles. The van der Waals surface area contributed by atoms with Crippen molar-refractivity contribution in [3.05, 3.63) is 35.9 Å². The van der Waals surface area contributed by atoms with Crippen molar-refractivity contribution in [3.8, 4) is 0 Å². The van der Waals surface area contributed by atoms with Crippen molar-refractivity contribution in [1.29, 1.82) is 0 Å². The largest absolute Gasteiger partial charge is 0.388 e. The number of aliphatic hydroxyl groups excluding tert-OH is 1. The number of hydrogen-bond donors (Lipinski definition) is 3. The molecule has 1 amide bonds. The van der Waals surface area contributed by atoms with Crippen LogP contribution in [0.1, 0.15) is 37.9 Å². The Morgan fingerprint density at radius 1 is 1.33 bits per heavy atom. The van der Waals surface area contributed by atoms with Gasteiger partial charge in [-0.25, -0.2) is 8.78 Å². The van der Waals surface area contributed by atoms with Crippen LogP contribution < -0.4 is 10.6 Å². The van der Waals surface area contributed by atoms with E-state index in [1.807, 2.05) is 30.3 Å². The Morgan fingerprint density at radius 3 is 2.67 bits per heavy atom. The number of benzene rings is 1. The van der Waals surface area contributed by atoms with Gasteiger partial charge in [0.2, 0.25) is 5.91 Å². The summed E-state index contributed by atoms with van der Waals surface area (Å²) in [5.74, 6) is -0.652. The molecule has 0 aromatic heterocycles. The molecule has 2 rings (SSSR count). The predicted octanol–water partition coefficient (Wildman–Crippen LogP) is 2.29. The normalized spacial score (nSPS) is 27.8. The second-order valence-corrected chi connectivity index (χ2v) is 6.30. The van der Waals surface area contributed by atoms with Gasteiger partial charge in [0.1, 0.15) is 12.8 Å². The van der Waals surface area contributed by atoms with E-state index in [9.17, 15) is 18.7 Å². The molecule has 134 valence electrons. The summed E-state index contributed by atoms with van der Waals surface area (Å²) in [6, 6.07) is 8.02. The molecule has 3 N–H and O–H groups in total. The Labute approximate surface area is 141 Å². The van der Waals surface area contributed by atoms with Crippen molar-refractivity contribution >= 4 is 5.91 Å². The number of rotatable bonds is 8. The van der Waals surface area contributed by atoms with Gasteiger partial charge in [0, 0.05) is 24.9 Å². The van der Waals surface area contributed by atoms with E-state index in [-0.39, 0.29) is 12.5 Å². The molecular formula is C18H26F2N2O2. The van der Waals surface area contributed by atoms with E-state index in [2.05, 4.69) is 10.6 Å². The van der Waals surface area contributed by atoms with Crippen LogP contribution in [-0.4, -0.2) is 42.5 Å². The van der Waals surface area contributed by atoms with Crippen LogP contribution in [-0.2, 0) is 4.79 Å². The van der Waals surface area contributed by atoms with E-state index in [1.54, 1.807) is 6.92 Å². The number of alkyl halides is 2. The lowest BCUT2D eigenvalue weighted by Crippen LogP contribution is -2.42. The van der Waals surface area contributed by atoms with Crippen LogP contribution in [0, 0.1) is 5.92 Å². The average molecular weight is 340 g/mol. The Kier molecular flexibility index (Phi) is 7.12. The van der Waals surface area contributed by atoms with Crippen molar-refractivity contribution < 1.29 is 18.7 Å². The van der Waals surface area contributed by atoms with Crippen LogP contribution in [0.15, 0.2) is 30.3 Å². The maximum atomic E-state index is 14.6. The number of amides is 1. The molecule has 1 aliphatic heterocycles. The smallest absolute Gasteiger partial charge is 0.219 e. The maximum absolute atomic E-state index is 14.6. The number of halogens is 2. The lowest BCUT2D eigenvalue weighted by molar-refractivity contribution is -0.120. The van der Waals surface area contributed by atoms with Crippen LogP contribution in [0.2, 0.25) is 0 Å². The SMILES string of the molecule is CCC(=O)NC[C@H]1N[C@H](CF)[C@@H](CCC(O)c2ccccc2)[C@H]1F. The third kappa shape index (κ3) is 4.74. The number of nitrogens with one attached hydrogen (secondary N) is 2. The fraction of sp³-hybridized carbons (Fsp3) is 0.611. The first-order valence-electron chi connectivity index (χ1n) is 8.52. The number of aliphatic hydroxyl groups is 1. The lowest BCUT2D eigenvalue weighted by Gasteiger charge is -2.20. The van der Waals surface area contributed by atoms with Crippen molar-refractivity contribution in [2.45, 2.75) is 50.5 Å². The summed E-state index contributed by atoms with van der Waals surface area (Å²) in [5, 5.41) is 15.8. The molecule has 1 aromatic carbocycles. The predicted molar refractivity (Wildman–Crippen MR) is 89.0 cm³/mol. The number of carbonyl (C=O) groups is 1. The van der Waals surface area contributed by atoms with Crippen molar-refractivity contribution in [1.82, 2.24) is 10.6 Å². The van der Waals surface area contributed by atoms with E-state index in [4.69, 9.17) is 0 Å². The standard InChI is InChI=1S/C18H26F2N2O2/c1-2-17(24)21-11-15-18(20)13(14(10-19)22-15)8-9-16(23)12-6-4-3-5-7-12/h3-7,13-16,18,22-23H,2,8-11H2,1H3,(H,21,24)/t13-,14-,15-,16?,18-/m1/s1. The summed E-state index contributed by atoms with van der Waals surface area (Å²) in [5.41, 5.74) is 0.780. The Morgan fingerprint density at radius 2 is 2.04 bits per heavy atom. The van der Waals surface area contributed by atoms with Gasteiger partial charge in [0.25, 0.3) is 0 Å². The van der Waals surface area contributed by atoms with Crippen LogP contribution in [0.25, 0.3) is 0 Å². The molecule has 1 saturated heterocycles. The van der Waals surface area contributed by atoms with Crippen LogP contribution >= 0.6 is 0 Å². The molecule has 5 atom stereocenters. The molecule has 4 nitrogen and oxygen atoms in total. The summed E-state index contributed by atoms with van der Waals surface area (Å²) in [4.78, 5) is 11.3. The summed E-state index contributed by atoms with van der Waals surface area (Å²) in [7, 11) is 0. The third-order valence-electron chi connectivity index (χ3n) is 4.70. The highest BCUT2D eigenvalue weighted by Gasteiger charge is 2.43. The van der Waals surface area contributed by atoms with Crippen molar-refractivity contribution in [3.63, 3.8) is 0 Å². The fourth-order valence-electron chi connectivity index (χ4n) is 3.24. The monoisotopic (exact) mass is 340 g/mol. The third-order valence-corrected chi connectivity index (χ3v) is 4.70.